The van der Waals surface area contributed by atoms with Gasteiger partial charge in [-0.15, -0.1) is 0 Å². The Morgan fingerprint density at radius 2 is 2.41 bits per heavy atom. The molecule has 1 unspecified atom stereocenters. The molecule has 1 atom stereocenters. The van der Waals surface area contributed by atoms with E-state index in [1.165, 1.54) is 12.5 Å². The summed E-state index contributed by atoms with van der Waals surface area (Å²) in [6, 6.07) is 0.0897. The molecule has 0 radical (unpaired) electrons. The number of nitrogens with zero attached hydrogens (tertiary/aromatic N) is 2. The van der Waals surface area contributed by atoms with E-state index in [-0.39, 0.29) is 11.1 Å². The van der Waals surface area contributed by atoms with Gasteiger partial charge in [0.05, 0.1) is 12.5 Å². The number of rotatable bonds is 5. The lowest BCUT2D eigenvalue weighted by Gasteiger charge is -2.22. The van der Waals surface area contributed by atoms with Crippen molar-refractivity contribution in [2.45, 2.75) is 36.8 Å². The summed E-state index contributed by atoms with van der Waals surface area (Å²) in [5.74, 6) is 0. The second kappa shape index (κ2) is 5.16. The molecule has 0 aromatic carbocycles. The Bertz CT molecular complexity index is 443. The van der Waals surface area contributed by atoms with Gasteiger partial charge in [0.1, 0.15) is 0 Å². The smallest absolute Gasteiger partial charge is 0.260 e. The third-order valence-electron chi connectivity index (χ3n) is 3.12. The lowest BCUT2D eigenvalue weighted by atomic mass is 10.1. The molecule has 0 aliphatic carbocycles. The van der Waals surface area contributed by atoms with Gasteiger partial charge in [0, 0.05) is 12.6 Å². The Balaban J connectivity index is 2.15. The molecular weight excluding hydrogens is 240 g/mol. The number of nitrogens with one attached hydrogen (secondary N) is 1. The average molecular weight is 258 g/mol. The molecule has 0 bridgehead atoms. The van der Waals surface area contributed by atoms with Gasteiger partial charge in [-0.05, 0) is 32.2 Å². The molecule has 0 saturated carbocycles. The summed E-state index contributed by atoms with van der Waals surface area (Å²) < 4.78 is 26.2. The lowest BCUT2D eigenvalue weighted by molar-refractivity contribution is 0.364. The third kappa shape index (κ3) is 2.51. The largest absolute Gasteiger partial charge is 0.335 e. The van der Waals surface area contributed by atoms with Crippen molar-refractivity contribution in [1.82, 2.24) is 14.3 Å². The van der Waals surface area contributed by atoms with E-state index < -0.39 is 10.0 Å². The van der Waals surface area contributed by atoms with E-state index in [2.05, 4.69) is 9.97 Å². The van der Waals surface area contributed by atoms with Crippen LogP contribution < -0.4 is 5.73 Å². The zero-order valence-electron chi connectivity index (χ0n) is 9.67. The van der Waals surface area contributed by atoms with Gasteiger partial charge in [0.2, 0.25) is 0 Å². The molecule has 2 heterocycles. The minimum atomic E-state index is -3.40. The summed E-state index contributed by atoms with van der Waals surface area (Å²) >= 11 is 0. The Morgan fingerprint density at radius 3 is 3.06 bits per heavy atom. The maximum atomic E-state index is 12.3. The number of sulfonamides is 1. The summed E-state index contributed by atoms with van der Waals surface area (Å²) in [6.07, 6.45) is 6.28. The summed E-state index contributed by atoms with van der Waals surface area (Å²) in [4.78, 5) is 6.43. The summed E-state index contributed by atoms with van der Waals surface area (Å²) in [5, 5.41) is 0.178. The van der Waals surface area contributed by atoms with Crippen molar-refractivity contribution in [3.05, 3.63) is 12.5 Å². The SMILES string of the molecule is NCCCC1CCCN1S(=O)(=O)c1cnc[nH]1. The number of aromatic nitrogens is 2. The standard InChI is InChI=1S/C10H18N4O2S/c11-5-1-3-9-4-2-6-14(9)17(15,16)10-7-12-8-13-10/h7-9H,1-6,11H2,(H,12,13). The first kappa shape index (κ1) is 12.5. The van der Waals surface area contributed by atoms with Crippen LogP contribution in [0.25, 0.3) is 0 Å². The molecule has 1 aromatic rings. The molecule has 1 aliphatic rings. The van der Waals surface area contributed by atoms with Gasteiger partial charge < -0.3 is 10.7 Å². The number of nitrogens with two attached hydrogens (primary N) is 1. The van der Waals surface area contributed by atoms with Gasteiger partial charge >= 0.3 is 0 Å². The van der Waals surface area contributed by atoms with Crippen molar-refractivity contribution in [1.29, 1.82) is 0 Å². The molecule has 1 aromatic heterocycles. The van der Waals surface area contributed by atoms with E-state index in [4.69, 9.17) is 5.73 Å². The summed E-state index contributed by atoms with van der Waals surface area (Å²) in [5.41, 5.74) is 5.47. The van der Waals surface area contributed by atoms with Crippen LogP contribution in [0, 0.1) is 0 Å². The van der Waals surface area contributed by atoms with Crippen LogP contribution in [0.3, 0.4) is 0 Å². The highest BCUT2D eigenvalue weighted by Crippen LogP contribution is 2.27. The van der Waals surface area contributed by atoms with E-state index in [1.807, 2.05) is 0 Å². The van der Waals surface area contributed by atoms with Gasteiger partial charge in [-0.1, -0.05) is 0 Å². The van der Waals surface area contributed by atoms with Crippen LogP contribution in [0.5, 0.6) is 0 Å². The van der Waals surface area contributed by atoms with E-state index in [0.29, 0.717) is 13.1 Å². The molecule has 96 valence electrons. The average Bonchev–Trinajstić information content (AvgIpc) is 2.97. The van der Waals surface area contributed by atoms with Crippen molar-refractivity contribution < 1.29 is 8.42 Å². The van der Waals surface area contributed by atoms with E-state index in [0.717, 1.165) is 25.7 Å². The second-order valence-corrected chi connectivity index (χ2v) is 6.12. The van der Waals surface area contributed by atoms with Crippen LogP contribution in [-0.4, -0.2) is 41.8 Å². The minimum absolute atomic E-state index is 0.0897. The Hall–Kier alpha value is -0.920. The first-order valence-electron chi connectivity index (χ1n) is 5.86. The normalized spacial score (nSPS) is 22.1. The molecular formula is C10H18N4O2S. The van der Waals surface area contributed by atoms with Crippen molar-refractivity contribution in [2.24, 2.45) is 5.73 Å². The summed E-state index contributed by atoms with van der Waals surface area (Å²) in [6.45, 7) is 1.20. The summed E-state index contributed by atoms with van der Waals surface area (Å²) in [7, 11) is -3.40. The van der Waals surface area contributed by atoms with Crippen molar-refractivity contribution in [3.8, 4) is 0 Å². The van der Waals surface area contributed by atoms with Crippen LogP contribution in [0.4, 0.5) is 0 Å². The molecule has 17 heavy (non-hydrogen) atoms. The van der Waals surface area contributed by atoms with Crippen molar-refractivity contribution in [3.63, 3.8) is 0 Å². The second-order valence-electron chi connectivity index (χ2n) is 4.26. The number of imidazole rings is 1. The molecule has 0 spiro atoms. The van der Waals surface area contributed by atoms with Crippen LogP contribution in [0.2, 0.25) is 0 Å². The minimum Gasteiger partial charge on any atom is -0.335 e. The van der Waals surface area contributed by atoms with Crippen molar-refractivity contribution in [2.75, 3.05) is 13.1 Å². The van der Waals surface area contributed by atoms with Crippen LogP contribution in [0.15, 0.2) is 17.6 Å². The molecule has 2 rings (SSSR count). The van der Waals surface area contributed by atoms with Crippen LogP contribution >= 0.6 is 0 Å². The highest BCUT2D eigenvalue weighted by molar-refractivity contribution is 7.89. The number of hydrogen-bond acceptors (Lipinski definition) is 4. The first-order valence-corrected chi connectivity index (χ1v) is 7.30. The fourth-order valence-electron chi connectivity index (χ4n) is 2.28. The predicted molar refractivity (Wildman–Crippen MR) is 63.8 cm³/mol. The van der Waals surface area contributed by atoms with Crippen LogP contribution in [-0.2, 0) is 10.0 Å². The maximum absolute atomic E-state index is 12.3. The van der Waals surface area contributed by atoms with Gasteiger partial charge in [-0.3, -0.25) is 0 Å². The zero-order chi connectivity index (χ0) is 12.3. The van der Waals surface area contributed by atoms with Gasteiger partial charge in [-0.25, -0.2) is 13.4 Å². The molecule has 7 heteroatoms. The number of H-pyrrole nitrogens is 1. The maximum Gasteiger partial charge on any atom is 0.260 e. The molecule has 1 aliphatic heterocycles. The van der Waals surface area contributed by atoms with Crippen molar-refractivity contribution >= 4 is 10.0 Å². The zero-order valence-corrected chi connectivity index (χ0v) is 10.5. The Morgan fingerprint density at radius 1 is 1.59 bits per heavy atom. The number of hydrogen-bond donors (Lipinski definition) is 2. The van der Waals surface area contributed by atoms with E-state index in [1.54, 1.807) is 4.31 Å². The Labute approximate surface area is 101 Å². The lowest BCUT2D eigenvalue weighted by Crippen LogP contribution is -2.36. The topological polar surface area (TPSA) is 92.1 Å². The van der Waals surface area contributed by atoms with Gasteiger partial charge in [0.25, 0.3) is 10.0 Å². The predicted octanol–water partition coefficient (Wildman–Crippen LogP) is 0.302. The monoisotopic (exact) mass is 258 g/mol. The highest BCUT2D eigenvalue weighted by Gasteiger charge is 2.35. The van der Waals surface area contributed by atoms with E-state index >= 15 is 0 Å². The third-order valence-corrected chi connectivity index (χ3v) is 5.00. The quantitative estimate of drug-likeness (QED) is 0.794. The fourth-order valence-corrected chi connectivity index (χ4v) is 3.90. The molecule has 0 amide bonds. The highest BCUT2D eigenvalue weighted by atomic mass is 32.2. The van der Waals surface area contributed by atoms with Crippen LogP contribution in [0.1, 0.15) is 25.7 Å². The van der Waals surface area contributed by atoms with Gasteiger partial charge in [0.15, 0.2) is 5.03 Å². The first-order chi connectivity index (χ1) is 8.16. The van der Waals surface area contributed by atoms with Gasteiger partial charge in [-0.2, -0.15) is 4.31 Å². The number of aromatic amines is 1. The Kier molecular flexibility index (Phi) is 3.80. The molecule has 1 saturated heterocycles. The molecule has 6 nitrogen and oxygen atoms in total. The van der Waals surface area contributed by atoms with E-state index in [9.17, 15) is 8.42 Å². The molecule has 3 N–H and O–H groups in total. The molecule has 1 fully saturated rings. The fraction of sp³-hybridized carbons (Fsp3) is 0.700.